The Morgan fingerprint density at radius 2 is 1.81 bits per heavy atom. The first-order valence-electron chi connectivity index (χ1n) is 7.25. The van der Waals surface area contributed by atoms with Crippen molar-refractivity contribution in [2.75, 3.05) is 38.7 Å². The molecule has 0 amide bonds. The number of anilines is 1. The topological polar surface area (TPSA) is 72.8 Å². The van der Waals surface area contributed by atoms with Gasteiger partial charge in [-0.15, -0.1) is 0 Å². The zero-order valence-electron chi connectivity index (χ0n) is 13.1. The Morgan fingerprint density at radius 1 is 1.19 bits per heavy atom. The molecule has 0 saturated heterocycles. The lowest BCUT2D eigenvalue weighted by molar-refractivity contribution is 0.0666. The number of hydrogen-bond acceptors (Lipinski definition) is 5. The minimum absolute atomic E-state index is 0.0281. The highest BCUT2D eigenvalue weighted by molar-refractivity contribution is 6.02. The fourth-order valence-electron chi connectivity index (χ4n) is 2.01. The molecular formula is C16H26N2O3. The maximum atomic E-state index is 12.6. The van der Waals surface area contributed by atoms with Gasteiger partial charge >= 0.3 is 0 Å². The molecule has 0 bridgehead atoms. The fraction of sp³-hybridized carbons (Fsp3) is 0.562. The first-order chi connectivity index (χ1) is 9.93. The van der Waals surface area contributed by atoms with E-state index < -0.39 is 5.54 Å². The molecule has 0 unspecified atom stereocenters. The summed E-state index contributed by atoms with van der Waals surface area (Å²) in [4.78, 5) is 14.4. The van der Waals surface area contributed by atoms with Crippen LogP contribution < -0.4 is 5.32 Å². The van der Waals surface area contributed by atoms with Crippen LogP contribution in [0.1, 0.15) is 30.6 Å². The predicted octanol–water partition coefficient (Wildman–Crippen LogP) is 1.37. The fourth-order valence-corrected chi connectivity index (χ4v) is 2.01. The van der Waals surface area contributed by atoms with Gasteiger partial charge in [0.1, 0.15) is 0 Å². The Balaban J connectivity index is 2.74. The molecule has 0 aliphatic heterocycles. The number of aliphatic hydroxyl groups excluding tert-OH is 2. The maximum absolute atomic E-state index is 12.6. The van der Waals surface area contributed by atoms with E-state index in [0.29, 0.717) is 25.1 Å². The zero-order chi connectivity index (χ0) is 15.9. The lowest BCUT2D eigenvalue weighted by Crippen LogP contribution is -2.49. The van der Waals surface area contributed by atoms with Crippen molar-refractivity contribution >= 4 is 11.5 Å². The van der Waals surface area contributed by atoms with E-state index in [1.165, 1.54) is 0 Å². The Labute approximate surface area is 126 Å². The minimum atomic E-state index is -0.658. The Kier molecular flexibility index (Phi) is 6.81. The molecule has 0 spiro atoms. The molecule has 0 aliphatic rings. The van der Waals surface area contributed by atoms with E-state index in [-0.39, 0.29) is 19.0 Å². The summed E-state index contributed by atoms with van der Waals surface area (Å²) in [5.41, 5.74) is 0.924. The predicted molar refractivity (Wildman–Crippen MR) is 84.8 cm³/mol. The van der Waals surface area contributed by atoms with Gasteiger partial charge in [0.2, 0.25) is 0 Å². The second-order valence-corrected chi connectivity index (χ2v) is 5.61. The van der Waals surface area contributed by atoms with Crippen LogP contribution in [0, 0.1) is 0 Å². The second-order valence-electron chi connectivity index (χ2n) is 5.61. The van der Waals surface area contributed by atoms with E-state index >= 15 is 0 Å². The molecule has 0 fully saturated rings. The number of aliphatic hydroxyl groups is 2. The Morgan fingerprint density at radius 3 is 2.33 bits per heavy atom. The number of nitrogens with one attached hydrogen (secondary N) is 1. The number of nitrogens with zero attached hydrogens (tertiary/aromatic N) is 1. The van der Waals surface area contributed by atoms with Gasteiger partial charge in [-0.1, -0.05) is 0 Å². The zero-order valence-corrected chi connectivity index (χ0v) is 13.1. The quantitative estimate of drug-likeness (QED) is 0.474. The maximum Gasteiger partial charge on any atom is 0.182 e. The number of Topliss-reactive ketones (excluding diaryl/α,β-unsaturated/α-hetero) is 1. The van der Waals surface area contributed by atoms with Crippen LogP contribution in [0.4, 0.5) is 5.69 Å². The van der Waals surface area contributed by atoms with Crippen LogP contribution in [0.15, 0.2) is 24.3 Å². The molecule has 0 atom stereocenters. The average Bonchev–Trinajstić information content (AvgIpc) is 2.47. The number of carbonyl (C=O) groups is 1. The van der Waals surface area contributed by atoms with Crippen LogP contribution in [0.2, 0.25) is 0 Å². The van der Waals surface area contributed by atoms with Gasteiger partial charge in [0.05, 0.1) is 12.1 Å². The van der Waals surface area contributed by atoms with Crippen molar-refractivity contribution in [1.29, 1.82) is 0 Å². The number of likely N-dealkylation sites (N-methyl/N-ethyl adjacent to an activating group) is 1. The standard InChI is InChI=1S/C16H26N2O3/c1-16(2,18(3)10-12-20)15(21)13-5-7-14(8-6-13)17-9-4-11-19/h5-8,17,19-20H,4,9-12H2,1-3H3. The Hall–Kier alpha value is -1.43. The lowest BCUT2D eigenvalue weighted by atomic mass is 9.91. The molecule has 3 N–H and O–H groups in total. The number of β-amino-alcohol motifs (C(OH)–C–C–N with tert-alkyl or cyclic N) is 1. The molecule has 0 heterocycles. The molecule has 5 nitrogen and oxygen atoms in total. The van der Waals surface area contributed by atoms with Gasteiger partial charge in [-0.3, -0.25) is 9.69 Å². The van der Waals surface area contributed by atoms with Crippen LogP contribution in [0.25, 0.3) is 0 Å². The monoisotopic (exact) mass is 294 g/mol. The van der Waals surface area contributed by atoms with Gasteiger partial charge in [-0.25, -0.2) is 0 Å². The van der Waals surface area contributed by atoms with Crippen LogP contribution in [0.5, 0.6) is 0 Å². The van der Waals surface area contributed by atoms with E-state index in [2.05, 4.69) is 5.32 Å². The molecule has 0 aromatic heterocycles. The van der Waals surface area contributed by atoms with E-state index in [4.69, 9.17) is 10.2 Å². The van der Waals surface area contributed by atoms with Crippen molar-refractivity contribution < 1.29 is 15.0 Å². The first kappa shape index (κ1) is 17.6. The number of carbonyl (C=O) groups excluding carboxylic acids is 1. The molecule has 118 valence electrons. The molecule has 0 aliphatic carbocycles. The van der Waals surface area contributed by atoms with Gasteiger partial charge in [-0.05, 0) is 51.6 Å². The lowest BCUT2D eigenvalue weighted by Gasteiger charge is -2.33. The highest BCUT2D eigenvalue weighted by Gasteiger charge is 2.32. The summed E-state index contributed by atoms with van der Waals surface area (Å²) in [6.07, 6.45) is 0.694. The molecule has 1 aromatic carbocycles. The molecule has 0 saturated carbocycles. The normalized spacial score (nSPS) is 11.7. The Bertz CT molecular complexity index is 443. The minimum Gasteiger partial charge on any atom is -0.396 e. The molecule has 1 rings (SSSR count). The summed E-state index contributed by atoms with van der Waals surface area (Å²) < 4.78 is 0. The first-order valence-corrected chi connectivity index (χ1v) is 7.25. The summed E-state index contributed by atoms with van der Waals surface area (Å²) in [6, 6.07) is 7.34. The number of benzene rings is 1. The largest absolute Gasteiger partial charge is 0.396 e. The van der Waals surface area contributed by atoms with Crippen molar-refractivity contribution in [3.05, 3.63) is 29.8 Å². The SMILES string of the molecule is CN(CCO)C(C)(C)C(=O)c1ccc(NCCCO)cc1. The van der Waals surface area contributed by atoms with Gasteiger partial charge in [0, 0.05) is 30.9 Å². The summed E-state index contributed by atoms with van der Waals surface area (Å²) in [5.74, 6) is 0.0281. The summed E-state index contributed by atoms with van der Waals surface area (Å²) >= 11 is 0. The molecule has 5 heteroatoms. The average molecular weight is 294 g/mol. The van der Waals surface area contributed by atoms with Crippen molar-refractivity contribution in [2.45, 2.75) is 25.8 Å². The van der Waals surface area contributed by atoms with Gasteiger partial charge < -0.3 is 15.5 Å². The third-order valence-electron chi connectivity index (χ3n) is 3.76. The van der Waals surface area contributed by atoms with Crippen LogP contribution >= 0.6 is 0 Å². The molecular weight excluding hydrogens is 268 g/mol. The van der Waals surface area contributed by atoms with E-state index in [1.807, 2.05) is 37.9 Å². The van der Waals surface area contributed by atoms with Crippen molar-refractivity contribution in [2.24, 2.45) is 0 Å². The van der Waals surface area contributed by atoms with Crippen molar-refractivity contribution in [3.63, 3.8) is 0 Å². The van der Waals surface area contributed by atoms with Crippen molar-refractivity contribution in [3.8, 4) is 0 Å². The van der Waals surface area contributed by atoms with Gasteiger partial charge in [0.25, 0.3) is 0 Å². The smallest absolute Gasteiger partial charge is 0.182 e. The van der Waals surface area contributed by atoms with Gasteiger partial charge in [-0.2, -0.15) is 0 Å². The van der Waals surface area contributed by atoms with Gasteiger partial charge in [0.15, 0.2) is 5.78 Å². The molecule has 1 aromatic rings. The highest BCUT2D eigenvalue weighted by Crippen LogP contribution is 2.20. The van der Waals surface area contributed by atoms with Crippen LogP contribution in [-0.2, 0) is 0 Å². The molecule has 0 radical (unpaired) electrons. The summed E-state index contributed by atoms with van der Waals surface area (Å²) in [5, 5.41) is 20.9. The molecule has 21 heavy (non-hydrogen) atoms. The van der Waals surface area contributed by atoms with Crippen molar-refractivity contribution in [1.82, 2.24) is 4.90 Å². The number of ketones is 1. The number of hydrogen-bond donors (Lipinski definition) is 3. The van der Waals surface area contributed by atoms with Crippen LogP contribution in [-0.4, -0.2) is 59.8 Å². The van der Waals surface area contributed by atoms with E-state index in [1.54, 1.807) is 12.1 Å². The van der Waals surface area contributed by atoms with Crippen LogP contribution in [0.3, 0.4) is 0 Å². The second kappa shape index (κ2) is 8.12. The highest BCUT2D eigenvalue weighted by atomic mass is 16.3. The third-order valence-corrected chi connectivity index (χ3v) is 3.76. The van der Waals surface area contributed by atoms with E-state index in [0.717, 1.165) is 5.69 Å². The summed E-state index contributed by atoms with van der Waals surface area (Å²) in [6.45, 7) is 5.07. The number of rotatable bonds is 9. The summed E-state index contributed by atoms with van der Waals surface area (Å²) in [7, 11) is 1.83. The third kappa shape index (κ3) is 4.81. The van der Waals surface area contributed by atoms with E-state index in [9.17, 15) is 4.79 Å².